The first-order valence-corrected chi connectivity index (χ1v) is 9.98. The number of benzene rings is 1. The molecule has 1 amide bonds. The summed E-state index contributed by atoms with van der Waals surface area (Å²) >= 11 is 6.21. The smallest absolute Gasteiger partial charge is 0.258 e. The van der Waals surface area contributed by atoms with Crippen molar-refractivity contribution in [2.24, 2.45) is 10.9 Å². The fraction of sp³-hybridized carbons (Fsp3) is 0.350. The van der Waals surface area contributed by atoms with Gasteiger partial charge in [-0.25, -0.2) is 4.68 Å². The molecular formula is C20H19ClN6O2. The number of aryl methyl sites for hydroxylation is 1. The highest BCUT2D eigenvalue weighted by Gasteiger charge is 2.31. The first-order chi connectivity index (χ1) is 14.1. The van der Waals surface area contributed by atoms with Crippen LogP contribution in [0.3, 0.4) is 0 Å². The predicted octanol–water partition coefficient (Wildman–Crippen LogP) is 2.89. The number of fused-ring (bicyclic) bond motifs is 1. The van der Waals surface area contributed by atoms with Crippen LogP contribution in [0.1, 0.15) is 24.1 Å². The Balaban J connectivity index is 1.50. The average Bonchev–Trinajstić information content (AvgIpc) is 3.37. The van der Waals surface area contributed by atoms with E-state index in [1.807, 2.05) is 19.1 Å². The minimum absolute atomic E-state index is 0.165. The van der Waals surface area contributed by atoms with Crippen molar-refractivity contribution in [1.82, 2.24) is 25.2 Å². The summed E-state index contributed by atoms with van der Waals surface area (Å²) in [6.45, 7) is 3.76. The molecule has 0 radical (unpaired) electrons. The van der Waals surface area contributed by atoms with Crippen LogP contribution in [0.2, 0.25) is 5.02 Å². The van der Waals surface area contributed by atoms with E-state index < -0.39 is 0 Å². The summed E-state index contributed by atoms with van der Waals surface area (Å²) in [6.07, 6.45) is 3.72. The zero-order chi connectivity index (χ0) is 20.0. The third-order valence-corrected chi connectivity index (χ3v) is 5.84. The van der Waals surface area contributed by atoms with Gasteiger partial charge < -0.3 is 9.84 Å². The number of carbonyl (C=O) groups is 1. The molecule has 0 bridgehead atoms. The van der Waals surface area contributed by atoms with Gasteiger partial charge in [0, 0.05) is 16.5 Å². The molecule has 148 valence electrons. The second-order valence-corrected chi connectivity index (χ2v) is 7.78. The molecule has 1 saturated heterocycles. The summed E-state index contributed by atoms with van der Waals surface area (Å²) in [7, 11) is 0. The Morgan fingerprint density at radius 1 is 1.28 bits per heavy atom. The minimum atomic E-state index is -0.165. The summed E-state index contributed by atoms with van der Waals surface area (Å²) in [5.74, 6) is 1.54. The lowest BCUT2D eigenvalue weighted by molar-refractivity contribution is -0.117. The summed E-state index contributed by atoms with van der Waals surface area (Å²) in [5, 5.41) is 12.6. The van der Waals surface area contributed by atoms with Crippen LogP contribution in [-0.2, 0) is 11.2 Å². The van der Waals surface area contributed by atoms with Gasteiger partial charge in [0.15, 0.2) is 0 Å². The van der Waals surface area contributed by atoms with E-state index in [0.29, 0.717) is 22.3 Å². The monoisotopic (exact) mass is 410 g/mol. The first-order valence-electron chi connectivity index (χ1n) is 9.60. The van der Waals surface area contributed by atoms with Crippen LogP contribution in [-0.4, -0.2) is 44.8 Å². The van der Waals surface area contributed by atoms with Crippen LogP contribution in [0.15, 0.2) is 33.9 Å². The van der Waals surface area contributed by atoms with Crippen molar-refractivity contribution < 1.29 is 9.32 Å². The molecule has 1 fully saturated rings. The van der Waals surface area contributed by atoms with Gasteiger partial charge in [0.25, 0.3) is 11.8 Å². The van der Waals surface area contributed by atoms with Gasteiger partial charge in [0.2, 0.25) is 5.82 Å². The first kappa shape index (κ1) is 18.2. The summed E-state index contributed by atoms with van der Waals surface area (Å²) in [4.78, 5) is 21.1. The standard InChI is InChI=1S/C20H19ClN6O2/c1-11-2-3-13(8-15(11)21)20-25-18(26-29-20)14-10-23-27-16(14)9-17(28)24-19(27)12-4-6-22-7-5-12/h2-3,8,10,12,22H,4-7,9H2,1H3. The molecule has 5 rings (SSSR count). The molecular weight excluding hydrogens is 392 g/mol. The number of carbonyl (C=O) groups excluding carboxylic acids is 1. The number of piperidine rings is 1. The van der Waals surface area contributed by atoms with Gasteiger partial charge in [-0.05, 0) is 50.6 Å². The van der Waals surface area contributed by atoms with E-state index in [0.717, 1.165) is 48.6 Å². The molecule has 8 nitrogen and oxygen atoms in total. The van der Waals surface area contributed by atoms with Gasteiger partial charge in [-0.3, -0.25) is 4.79 Å². The average molecular weight is 411 g/mol. The molecule has 9 heteroatoms. The molecule has 29 heavy (non-hydrogen) atoms. The lowest BCUT2D eigenvalue weighted by Gasteiger charge is -2.26. The maximum absolute atomic E-state index is 12.3. The van der Waals surface area contributed by atoms with Crippen molar-refractivity contribution in [2.45, 2.75) is 26.2 Å². The Bertz CT molecular complexity index is 1130. The van der Waals surface area contributed by atoms with E-state index in [9.17, 15) is 4.79 Å². The lowest BCUT2D eigenvalue weighted by atomic mass is 9.95. The fourth-order valence-corrected chi connectivity index (χ4v) is 3.99. The second kappa shape index (κ2) is 7.20. The largest absolute Gasteiger partial charge is 0.334 e. The van der Waals surface area contributed by atoms with Crippen LogP contribution in [0.4, 0.5) is 0 Å². The van der Waals surface area contributed by atoms with Gasteiger partial charge in [-0.15, -0.1) is 0 Å². The molecule has 2 aliphatic heterocycles. The Morgan fingerprint density at radius 3 is 2.90 bits per heavy atom. The number of nitrogens with one attached hydrogen (secondary N) is 1. The Hall–Kier alpha value is -2.84. The SMILES string of the molecule is Cc1ccc(-c2nc(-c3cnn4c3CC(=O)N=C4C3CCNCC3)no2)cc1Cl. The molecule has 0 atom stereocenters. The molecule has 0 spiro atoms. The highest BCUT2D eigenvalue weighted by molar-refractivity contribution is 6.31. The van der Waals surface area contributed by atoms with Crippen molar-refractivity contribution >= 4 is 23.3 Å². The van der Waals surface area contributed by atoms with Gasteiger partial charge in [0.05, 0.1) is 23.9 Å². The van der Waals surface area contributed by atoms with Crippen LogP contribution in [0, 0.1) is 12.8 Å². The molecule has 2 aliphatic rings. The molecule has 0 aliphatic carbocycles. The van der Waals surface area contributed by atoms with Crippen LogP contribution in [0.5, 0.6) is 0 Å². The Kier molecular flexibility index (Phi) is 4.52. The Morgan fingerprint density at radius 2 is 2.10 bits per heavy atom. The van der Waals surface area contributed by atoms with E-state index in [1.54, 1.807) is 16.9 Å². The topological polar surface area (TPSA) is 98.2 Å². The van der Waals surface area contributed by atoms with E-state index in [4.69, 9.17) is 16.1 Å². The second-order valence-electron chi connectivity index (χ2n) is 7.37. The number of amides is 1. The maximum Gasteiger partial charge on any atom is 0.258 e. The number of aliphatic imine (C=N–C) groups is 1. The quantitative estimate of drug-likeness (QED) is 0.712. The number of hydrogen-bond donors (Lipinski definition) is 1. The van der Waals surface area contributed by atoms with Gasteiger partial charge in [-0.2, -0.15) is 15.1 Å². The molecule has 0 saturated carbocycles. The molecule has 3 aromatic rings. The molecule has 4 heterocycles. The third kappa shape index (κ3) is 3.28. The Labute approximate surface area is 172 Å². The van der Waals surface area contributed by atoms with Crippen molar-refractivity contribution in [1.29, 1.82) is 0 Å². The summed E-state index contributed by atoms with van der Waals surface area (Å²) in [5.41, 5.74) is 3.17. The van der Waals surface area contributed by atoms with Crippen LogP contribution < -0.4 is 5.32 Å². The van der Waals surface area contributed by atoms with E-state index in [1.165, 1.54) is 0 Å². The number of aromatic nitrogens is 4. The number of nitrogens with zero attached hydrogens (tertiary/aromatic N) is 5. The van der Waals surface area contributed by atoms with Gasteiger partial charge in [0.1, 0.15) is 5.84 Å². The van der Waals surface area contributed by atoms with E-state index in [2.05, 4.69) is 25.5 Å². The fourth-order valence-electron chi connectivity index (χ4n) is 3.81. The van der Waals surface area contributed by atoms with E-state index >= 15 is 0 Å². The van der Waals surface area contributed by atoms with Crippen molar-refractivity contribution in [2.75, 3.05) is 13.1 Å². The van der Waals surface area contributed by atoms with Crippen molar-refractivity contribution in [3.63, 3.8) is 0 Å². The van der Waals surface area contributed by atoms with E-state index in [-0.39, 0.29) is 18.2 Å². The normalized spacial score (nSPS) is 17.3. The highest BCUT2D eigenvalue weighted by Crippen LogP contribution is 2.30. The molecule has 2 aromatic heterocycles. The molecule has 0 unspecified atom stereocenters. The summed E-state index contributed by atoms with van der Waals surface area (Å²) < 4.78 is 7.23. The number of rotatable bonds is 3. The maximum atomic E-state index is 12.3. The van der Waals surface area contributed by atoms with Gasteiger partial charge >= 0.3 is 0 Å². The summed E-state index contributed by atoms with van der Waals surface area (Å²) in [6, 6.07) is 5.59. The zero-order valence-electron chi connectivity index (χ0n) is 15.9. The van der Waals surface area contributed by atoms with Crippen molar-refractivity contribution in [3.05, 3.63) is 40.7 Å². The highest BCUT2D eigenvalue weighted by atomic mass is 35.5. The van der Waals surface area contributed by atoms with Gasteiger partial charge in [-0.1, -0.05) is 22.8 Å². The molecule has 1 aromatic carbocycles. The zero-order valence-corrected chi connectivity index (χ0v) is 16.6. The predicted molar refractivity (Wildman–Crippen MR) is 108 cm³/mol. The number of halogens is 1. The van der Waals surface area contributed by atoms with Crippen molar-refractivity contribution in [3.8, 4) is 22.8 Å². The molecule has 1 N–H and O–H groups in total. The van der Waals surface area contributed by atoms with Crippen LogP contribution in [0.25, 0.3) is 22.8 Å². The lowest BCUT2D eigenvalue weighted by Crippen LogP contribution is -2.38. The third-order valence-electron chi connectivity index (χ3n) is 5.43. The minimum Gasteiger partial charge on any atom is -0.334 e. The number of hydrogen-bond acceptors (Lipinski definition) is 6. The van der Waals surface area contributed by atoms with Crippen LogP contribution >= 0.6 is 11.6 Å².